The Morgan fingerprint density at radius 3 is 1.80 bits per heavy atom. The van der Waals surface area contributed by atoms with Gasteiger partial charge in [-0.1, -0.05) is 10.1 Å². The fourth-order valence-corrected chi connectivity index (χ4v) is 2.03. The Bertz CT molecular complexity index is 281. The van der Waals surface area contributed by atoms with Crippen LogP contribution in [-0.2, 0) is 18.7 Å². The van der Waals surface area contributed by atoms with Crippen LogP contribution < -0.4 is 0 Å². The van der Waals surface area contributed by atoms with Gasteiger partial charge in [-0.25, -0.2) is 10.5 Å². The lowest BCUT2D eigenvalue weighted by Crippen LogP contribution is -1.84. The molecule has 84 valence electrons. The maximum absolute atomic E-state index is 7.98. The molecule has 0 aromatic heterocycles. The van der Waals surface area contributed by atoms with Crippen LogP contribution in [0.25, 0.3) is 0 Å². The van der Waals surface area contributed by atoms with Crippen LogP contribution in [0.4, 0.5) is 0 Å². The van der Waals surface area contributed by atoms with E-state index in [1.165, 1.54) is 0 Å². The molecule has 0 atom stereocenters. The number of hydrogen-bond donors (Lipinski definition) is 2. The van der Waals surface area contributed by atoms with Gasteiger partial charge >= 0.3 is 0 Å². The van der Waals surface area contributed by atoms with Crippen LogP contribution in [0.1, 0.15) is 5.56 Å². The van der Waals surface area contributed by atoms with Gasteiger partial charge in [0.15, 0.2) is 0 Å². The van der Waals surface area contributed by atoms with Crippen molar-refractivity contribution in [2.75, 3.05) is 0 Å². The summed E-state index contributed by atoms with van der Waals surface area (Å²) < 4.78 is 8.55. The van der Waals surface area contributed by atoms with Crippen molar-refractivity contribution >= 4 is 24.1 Å². The molecule has 0 bridgehead atoms. The van der Waals surface area contributed by atoms with Gasteiger partial charge < -0.3 is 0 Å². The standard InChI is InChI=1S/C7H8O6S2/c1-5-2-6(14-12-10-8)4-7(3-5)15-13-11-9/h2-4,8-9H,1H3. The monoisotopic (exact) mass is 252 g/mol. The zero-order valence-corrected chi connectivity index (χ0v) is 9.21. The van der Waals surface area contributed by atoms with Crippen molar-refractivity contribution in [2.45, 2.75) is 16.7 Å². The van der Waals surface area contributed by atoms with Crippen molar-refractivity contribution in [1.82, 2.24) is 0 Å². The van der Waals surface area contributed by atoms with E-state index in [2.05, 4.69) is 18.7 Å². The molecule has 0 amide bonds. The Labute approximate surface area is 94.2 Å². The molecule has 0 fully saturated rings. The minimum absolute atomic E-state index is 0.702. The molecule has 1 aromatic carbocycles. The summed E-state index contributed by atoms with van der Waals surface area (Å²) in [5, 5.41) is 22.9. The van der Waals surface area contributed by atoms with Crippen molar-refractivity contribution in [3.63, 3.8) is 0 Å². The molecule has 0 spiro atoms. The van der Waals surface area contributed by atoms with E-state index in [1.54, 1.807) is 6.07 Å². The summed E-state index contributed by atoms with van der Waals surface area (Å²) in [5.41, 5.74) is 0.950. The minimum atomic E-state index is 0.702. The quantitative estimate of drug-likeness (QED) is 0.454. The number of benzene rings is 1. The van der Waals surface area contributed by atoms with E-state index in [-0.39, 0.29) is 0 Å². The zero-order valence-electron chi connectivity index (χ0n) is 7.58. The number of rotatable bonds is 6. The minimum Gasteiger partial charge on any atom is -0.220 e. The molecule has 2 N–H and O–H groups in total. The summed E-state index contributed by atoms with van der Waals surface area (Å²) in [6.45, 7) is 1.87. The summed E-state index contributed by atoms with van der Waals surface area (Å²) in [6.07, 6.45) is 0. The highest BCUT2D eigenvalue weighted by atomic mass is 32.2. The Morgan fingerprint density at radius 1 is 0.933 bits per heavy atom. The predicted molar refractivity (Wildman–Crippen MR) is 52.5 cm³/mol. The second kappa shape index (κ2) is 7.04. The van der Waals surface area contributed by atoms with Crippen molar-refractivity contribution in [3.8, 4) is 0 Å². The van der Waals surface area contributed by atoms with Crippen molar-refractivity contribution in [3.05, 3.63) is 23.8 Å². The van der Waals surface area contributed by atoms with Gasteiger partial charge in [0, 0.05) is 9.79 Å². The van der Waals surface area contributed by atoms with Gasteiger partial charge in [-0.2, -0.15) is 0 Å². The first-order valence-electron chi connectivity index (χ1n) is 3.67. The maximum atomic E-state index is 7.98. The third-order valence-electron chi connectivity index (χ3n) is 1.35. The van der Waals surface area contributed by atoms with E-state index >= 15 is 0 Å². The second-order valence-electron chi connectivity index (χ2n) is 2.43. The number of hydrogen-bond acceptors (Lipinski definition) is 8. The summed E-state index contributed by atoms with van der Waals surface area (Å²) in [5.74, 6) is 0. The van der Waals surface area contributed by atoms with Gasteiger partial charge in [0.25, 0.3) is 0 Å². The highest BCUT2D eigenvalue weighted by molar-refractivity contribution is 7.95. The van der Waals surface area contributed by atoms with E-state index in [1.807, 2.05) is 19.1 Å². The van der Waals surface area contributed by atoms with E-state index in [9.17, 15) is 0 Å². The van der Waals surface area contributed by atoms with Crippen LogP contribution in [0.5, 0.6) is 0 Å². The molecular formula is C7H8O6S2. The summed E-state index contributed by atoms with van der Waals surface area (Å²) >= 11 is 1.68. The average Bonchev–Trinajstić information content (AvgIpc) is 2.23. The molecule has 0 saturated heterocycles. The Hall–Kier alpha value is -0.320. The van der Waals surface area contributed by atoms with E-state index < -0.39 is 0 Å². The lowest BCUT2D eigenvalue weighted by Gasteiger charge is -2.03. The van der Waals surface area contributed by atoms with Gasteiger partial charge in [0.2, 0.25) is 0 Å². The molecule has 8 heteroatoms. The second-order valence-corrected chi connectivity index (χ2v) is 3.98. The van der Waals surface area contributed by atoms with E-state index in [0.717, 1.165) is 29.6 Å². The van der Waals surface area contributed by atoms with Crippen LogP contribution in [0, 0.1) is 6.92 Å². The first-order valence-corrected chi connectivity index (χ1v) is 5.16. The van der Waals surface area contributed by atoms with E-state index in [4.69, 9.17) is 10.5 Å². The normalized spacial score (nSPS) is 10.6. The molecule has 1 aromatic rings. The molecule has 6 nitrogen and oxygen atoms in total. The first kappa shape index (κ1) is 12.7. The molecule has 15 heavy (non-hydrogen) atoms. The van der Waals surface area contributed by atoms with Crippen LogP contribution in [0.3, 0.4) is 0 Å². The van der Waals surface area contributed by atoms with Crippen LogP contribution in [0.15, 0.2) is 28.0 Å². The molecule has 0 aliphatic heterocycles. The van der Waals surface area contributed by atoms with Crippen molar-refractivity contribution in [2.24, 2.45) is 0 Å². The predicted octanol–water partition coefficient (Wildman–Crippen LogP) is 2.85. The van der Waals surface area contributed by atoms with Crippen LogP contribution in [-0.4, -0.2) is 10.5 Å². The van der Waals surface area contributed by atoms with Crippen LogP contribution in [0.2, 0.25) is 0 Å². The Morgan fingerprint density at radius 2 is 1.40 bits per heavy atom. The van der Waals surface area contributed by atoms with Gasteiger partial charge in [0.05, 0.1) is 24.1 Å². The lowest BCUT2D eigenvalue weighted by molar-refractivity contribution is -0.432. The Balaban J connectivity index is 2.66. The molecule has 0 aliphatic rings. The smallest absolute Gasteiger partial charge is 0.0714 e. The van der Waals surface area contributed by atoms with Gasteiger partial charge in [-0.05, 0) is 30.7 Å². The molecule has 0 unspecified atom stereocenters. The molecule has 0 saturated carbocycles. The summed E-state index contributed by atoms with van der Waals surface area (Å²) in [7, 11) is 0. The molecule has 0 heterocycles. The lowest BCUT2D eigenvalue weighted by atomic mass is 10.2. The maximum Gasteiger partial charge on any atom is 0.0714 e. The molecular weight excluding hydrogens is 244 g/mol. The third kappa shape index (κ3) is 4.82. The largest absolute Gasteiger partial charge is 0.220 e. The fourth-order valence-electron chi connectivity index (χ4n) is 0.919. The molecule has 0 aliphatic carbocycles. The number of aryl methyl sites for hydroxylation is 1. The van der Waals surface area contributed by atoms with Crippen molar-refractivity contribution in [1.29, 1.82) is 0 Å². The summed E-state index contributed by atoms with van der Waals surface area (Å²) in [4.78, 5) is 1.40. The third-order valence-corrected chi connectivity index (χ3v) is 2.46. The zero-order chi connectivity index (χ0) is 11.1. The topological polar surface area (TPSA) is 77.4 Å². The van der Waals surface area contributed by atoms with Gasteiger partial charge in [-0.3, -0.25) is 0 Å². The van der Waals surface area contributed by atoms with Crippen molar-refractivity contribution < 1.29 is 29.3 Å². The highest BCUT2D eigenvalue weighted by Gasteiger charge is 2.02. The SMILES string of the molecule is Cc1cc(SOOO)cc(SOOO)c1. The average molecular weight is 252 g/mol. The summed E-state index contributed by atoms with van der Waals surface area (Å²) in [6, 6.07) is 5.32. The molecule has 0 radical (unpaired) electrons. The van der Waals surface area contributed by atoms with E-state index in [0.29, 0.717) is 9.79 Å². The Kier molecular flexibility index (Phi) is 5.98. The fraction of sp³-hybridized carbons (Fsp3) is 0.143. The van der Waals surface area contributed by atoms with Gasteiger partial charge in [-0.15, -0.1) is 8.67 Å². The van der Waals surface area contributed by atoms with Crippen LogP contribution >= 0.6 is 24.1 Å². The first-order chi connectivity index (χ1) is 7.26. The molecule has 1 rings (SSSR count). The highest BCUT2D eigenvalue weighted by Crippen LogP contribution is 2.27. The van der Waals surface area contributed by atoms with Gasteiger partial charge in [0.1, 0.15) is 0 Å².